The first-order valence-electron chi connectivity index (χ1n) is 12.7. The summed E-state index contributed by atoms with van der Waals surface area (Å²) in [5, 5.41) is 0. The zero-order chi connectivity index (χ0) is 24.5. The van der Waals surface area contributed by atoms with Crippen molar-refractivity contribution in [2.45, 2.75) is 84.2 Å². The van der Waals surface area contributed by atoms with Crippen LogP contribution in [0.15, 0.2) is 24.3 Å². The third-order valence-corrected chi connectivity index (χ3v) is 10.0. The van der Waals surface area contributed by atoms with Crippen LogP contribution in [0.25, 0.3) is 0 Å². The Hall–Kier alpha value is -1.92. The van der Waals surface area contributed by atoms with E-state index in [1.165, 1.54) is 25.0 Å². The zero-order valence-electron chi connectivity index (χ0n) is 20.5. The molecule has 34 heavy (non-hydrogen) atoms. The second-order valence-corrected chi connectivity index (χ2v) is 11.9. The van der Waals surface area contributed by atoms with Crippen molar-refractivity contribution < 1.29 is 27.4 Å². The van der Waals surface area contributed by atoms with Crippen LogP contribution in [0, 0.1) is 34.5 Å². The molecule has 0 radical (unpaired) electrons. The van der Waals surface area contributed by atoms with Gasteiger partial charge in [0.05, 0.1) is 6.10 Å². The van der Waals surface area contributed by atoms with E-state index in [0.29, 0.717) is 41.9 Å². The second kappa shape index (κ2) is 8.06. The van der Waals surface area contributed by atoms with Crippen LogP contribution in [-0.4, -0.2) is 36.4 Å². The molecular weight excluding hydrogens is 443 g/mol. The highest BCUT2D eigenvalue weighted by molar-refractivity contribution is 5.77. The number of carbonyl (C=O) groups is 1. The molecule has 188 valence electrons. The van der Waals surface area contributed by atoms with Crippen molar-refractivity contribution in [3.8, 4) is 11.5 Å². The average molecular weight is 480 g/mol. The van der Waals surface area contributed by atoms with Crippen LogP contribution in [0.2, 0.25) is 0 Å². The molecule has 0 aromatic heterocycles. The maximum Gasteiger partial charge on any atom is 0.573 e. The minimum atomic E-state index is -4.69. The molecule has 1 amide bonds. The molecule has 1 aliphatic heterocycles. The molecular formula is C27H36F3NO3. The topological polar surface area (TPSA) is 38.8 Å². The number of likely N-dealkylation sites (tertiary alicyclic amines) is 1. The first kappa shape index (κ1) is 23.8. The first-order valence-corrected chi connectivity index (χ1v) is 12.7. The number of hydrogen-bond donors (Lipinski definition) is 0. The lowest BCUT2D eigenvalue weighted by Crippen LogP contribution is -2.62. The Kier molecular flexibility index (Phi) is 5.64. The molecule has 1 aromatic rings. The van der Waals surface area contributed by atoms with Gasteiger partial charge in [-0.1, -0.05) is 20.8 Å². The molecule has 7 heteroatoms. The Labute approximate surface area is 200 Å². The fraction of sp³-hybridized carbons (Fsp3) is 0.741. The number of benzene rings is 1. The summed E-state index contributed by atoms with van der Waals surface area (Å²) in [6.07, 6.45) is 2.42. The summed E-state index contributed by atoms with van der Waals surface area (Å²) in [5.41, 5.74) is 0.396. The summed E-state index contributed by atoms with van der Waals surface area (Å²) < 4.78 is 47.6. The third-order valence-electron chi connectivity index (χ3n) is 10.0. The molecule has 2 unspecified atom stereocenters. The minimum Gasteiger partial charge on any atom is -0.490 e. The van der Waals surface area contributed by atoms with Crippen molar-refractivity contribution in [1.29, 1.82) is 0 Å². The summed E-state index contributed by atoms with van der Waals surface area (Å²) >= 11 is 0. The first-order chi connectivity index (χ1) is 15.9. The van der Waals surface area contributed by atoms with Gasteiger partial charge in [0.15, 0.2) is 0 Å². The van der Waals surface area contributed by atoms with Crippen LogP contribution >= 0.6 is 0 Å². The lowest BCUT2D eigenvalue weighted by atomic mass is 9.45. The standard InChI is InChI=1S/C27H36F3NO3/c1-16-13-22-26(3,12-10-23(32)31(22)4)20-9-11-25(2)15-19(14-21(25)24(16)20)33-17-5-7-18(8-6-17)34-27(28,29)30/h5-8,16,19-22,24H,9-15H2,1-4H3/t16?,19-,20-,21-,22+,24?,25+,26+/m0/s1. The van der Waals surface area contributed by atoms with Crippen molar-refractivity contribution in [1.82, 2.24) is 4.90 Å². The van der Waals surface area contributed by atoms with E-state index in [2.05, 4.69) is 25.5 Å². The number of amides is 1. The van der Waals surface area contributed by atoms with Crippen LogP contribution < -0.4 is 9.47 Å². The van der Waals surface area contributed by atoms with E-state index in [9.17, 15) is 18.0 Å². The molecule has 0 N–H and O–H groups in total. The number of piperidine rings is 1. The van der Waals surface area contributed by atoms with E-state index in [-0.39, 0.29) is 28.6 Å². The third kappa shape index (κ3) is 3.97. The molecule has 4 nitrogen and oxygen atoms in total. The summed E-state index contributed by atoms with van der Waals surface area (Å²) in [7, 11) is 1.99. The van der Waals surface area contributed by atoms with Crippen molar-refractivity contribution >= 4 is 5.91 Å². The number of rotatable bonds is 3. The number of ether oxygens (including phenoxy) is 2. The predicted molar refractivity (Wildman–Crippen MR) is 122 cm³/mol. The van der Waals surface area contributed by atoms with Crippen molar-refractivity contribution in [2.75, 3.05) is 7.05 Å². The van der Waals surface area contributed by atoms with Crippen molar-refractivity contribution in [3.63, 3.8) is 0 Å². The van der Waals surface area contributed by atoms with Crippen molar-refractivity contribution in [3.05, 3.63) is 24.3 Å². The highest BCUT2D eigenvalue weighted by Crippen LogP contribution is 2.66. The maximum absolute atomic E-state index is 12.4. The number of hydrogen-bond acceptors (Lipinski definition) is 3. The van der Waals surface area contributed by atoms with E-state index in [4.69, 9.17) is 4.74 Å². The fourth-order valence-corrected chi connectivity index (χ4v) is 8.46. The molecule has 3 aliphatic carbocycles. The van der Waals surface area contributed by atoms with Gasteiger partial charge in [0.25, 0.3) is 0 Å². The number of nitrogens with zero attached hydrogens (tertiary/aromatic N) is 1. The Morgan fingerprint density at radius 3 is 2.38 bits per heavy atom. The van der Waals surface area contributed by atoms with Gasteiger partial charge in [-0.25, -0.2) is 0 Å². The minimum absolute atomic E-state index is 0.0662. The summed E-state index contributed by atoms with van der Waals surface area (Å²) in [5.74, 6) is 3.01. The van der Waals surface area contributed by atoms with E-state index < -0.39 is 6.36 Å². The lowest BCUT2D eigenvalue weighted by Gasteiger charge is -2.63. The maximum atomic E-state index is 12.4. The van der Waals surface area contributed by atoms with Crippen LogP contribution in [0.3, 0.4) is 0 Å². The SMILES string of the molecule is CC1C[C@H]2N(C)C(=O)CC[C@]2(C)[C@H]2CC[C@]3(C)C[C@@H](Oc4ccc(OC(F)(F)F)cc4)C[C@H]3C12. The Bertz CT molecular complexity index is 934. The molecule has 1 saturated heterocycles. The number of halogens is 3. The normalized spacial score (nSPS) is 42.0. The van der Waals surface area contributed by atoms with Crippen molar-refractivity contribution in [2.24, 2.45) is 34.5 Å². The van der Waals surface area contributed by atoms with Gasteiger partial charge in [0.1, 0.15) is 11.5 Å². The van der Waals surface area contributed by atoms with Gasteiger partial charge >= 0.3 is 6.36 Å². The highest BCUT2D eigenvalue weighted by atomic mass is 19.4. The van der Waals surface area contributed by atoms with E-state index in [1.807, 2.05) is 11.9 Å². The molecule has 4 aliphatic rings. The van der Waals surface area contributed by atoms with Crippen LogP contribution in [-0.2, 0) is 4.79 Å². The number of fused-ring (bicyclic) bond motifs is 5. The largest absolute Gasteiger partial charge is 0.573 e. The molecule has 8 atom stereocenters. The summed E-state index contributed by atoms with van der Waals surface area (Å²) in [4.78, 5) is 14.5. The van der Waals surface area contributed by atoms with Gasteiger partial charge < -0.3 is 14.4 Å². The zero-order valence-corrected chi connectivity index (χ0v) is 20.5. The molecule has 1 heterocycles. The Morgan fingerprint density at radius 1 is 1.03 bits per heavy atom. The van der Waals surface area contributed by atoms with E-state index >= 15 is 0 Å². The molecule has 1 aromatic carbocycles. The highest BCUT2D eigenvalue weighted by Gasteiger charge is 2.62. The van der Waals surface area contributed by atoms with Crippen LogP contribution in [0.1, 0.15) is 65.7 Å². The number of alkyl halides is 3. The average Bonchev–Trinajstić information content (AvgIpc) is 3.09. The second-order valence-electron chi connectivity index (χ2n) is 11.9. The molecule has 0 spiro atoms. The van der Waals surface area contributed by atoms with Gasteiger partial charge in [-0.05, 0) is 97.3 Å². The quantitative estimate of drug-likeness (QED) is 0.501. The Morgan fingerprint density at radius 2 is 1.71 bits per heavy atom. The van der Waals surface area contributed by atoms with Gasteiger partial charge in [-0.2, -0.15) is 0 Å². The molecule has 0 bridgehead atoms. The predicted octanol–water partition coefficient (Wildman–Crippen LogP) is 6.44. The smallest absolute Gasteiger partial charge is 0.490 e. The van der Waals surface area contributed by atoms with E-state index in [0.717, 1.165) is 25.7 Å². The molecule has 5 rings (SSSR count). The van der Waals surface area contributed by atoms with Gasteiger partial charge in [-0.3, -0.25) is 4.79 Å². The Balaban J connectivity index is 1.32. The van der Waals surface area contributed by atoms with Gasteiger partial charge in [-0.15, -0.1) is 13.2 Å². The molecule has 4 fully saturated rings. The number of carbonyl (C=O) groups excluding carboxylic acids is 1. The molecule has 3 saturated carbocycles. The fourth-order valence-electron chi connectivity index (χ4n) is 8.46. The van der Waals surface area contributed by atoms with Crippen LogP contribution in [0.4, 0.5) is 13.2 Å². The lowest BCUT2D eigenvalue weighted by molar-refractivity contribution is -0.274. The van der Waals surface area contributed by atoms with Gasteiger partial charge in [0.2, 0.25) is 5.91 Å². The van der Waals surface area contributed by atoms with Gasteiger partial charge in [0, 0.05) is 19.5 Å². The summed E-state index contributed by atoms with van der Waals surface area (Å²) in [6.45, 7) is 7.22. The monoisotopic (exact) mass is 479 g/mol. The summed E-state index contributed by atoms with van der Waals surface area (Å²) in [6, 6.07) is 6.09. The van der Waals surface area contributed by atoms with E-state index in [1.54, 1.807) is 12.1 Å². The van der Waals surface area contributed by atoms with Crippen LogP contribution in [0.5, 0.6) is 11.5 Å².